The number of aliphatic hydroxyl groups is 1. The quantitative estimate of drug-likeness (QED) is 0.676. The zero-order valence-electron chi connectivity index (χ0n) is 16.7. The highest BCUT2D eigenvalue weighted by molar-refractivity contribution is 5.56. The molecule has 0 fully saturated rings. The zero-order chi connectivity index (χ0) is 20.1. The van der Waals surface area contributed by atoms with Crippen LogP contribution in [0.25, 0.3) is 11.4 Å². The van der Waals surface area contributed by atoms with Crippen LogP contribution in [0.3, 0.4) is 0 Å². The van der Waals surface area contributed by atoms with Gasteiger partial charge in [-0.1, -0.05) is 45.0 Å². The summed E-state index contributed by atoms with van der Waals surface area (Å²) in [5.41, 5.74) is 2.13. The van der Waals surface area contributed by atoms with Gasteiger partial charge < -0.3 is 14.6 Å². The van der Waals surface area contributed by atoms with Gasteiger partial charge in [0.15, 0.2) is 0 Å². The molecule has 0 saturated heterocycles. The van der Waals surface area contributed by atoms with Crippen LogP contribution in [0.4, 0.5) is 0 Å². The minimum absolute atomic E-state index is 0.0945. The Morgan fingerprint density at radius 3 is 2.50 bits per heavy atom. The molecule has 0 radical (unpaired) electrons. The first-order valence-corrected chi connectivity index (χ1v) is 9.19. The van der Waals surface area contributed by atoms with E-state index in [2.05, 4.69) is 36.2 Å². The van der Waals surface area contributed by atoms with Crippen molar-refractivity contribution >= 4 is 0 Å². The molecule has 3 rings (SSSR count). The third-order valence-electron chi connectivity index (χ3n) is 4.32. The molecule has 1 aromatic heterocycles. The van der Waals surface area contributed by atoms with Gasteiger partial charge in [0.1, 0.15) is 24.2 Å². The number of hydrogen-bond donors (Lipinski definition) is 1. The molecule has 7 nitrogen and oxygen atoms in total. The van der Waals surface area contributed by atoms with Crippen LogP contribution in [0.15, 0.2) is 48.5 Å². The Bertz CT molecular complexity index is 901. The number of rotatable bonds is 7. The second kappa shape index (κ2) is 8.39. The maximum absolute atomic E-state index is 10.2. The molecule has 0 spiro atoms. The van der Waals surface area contributed by atoms with E-state index in [0.717, 1.165) is 17.1 Å². The van der Waals surface area contributed by atoms with E-state index in [9.17, 15) is 5.11 Å². The van der Waals surface area contributed by atoms with Crippen LogP contribution >= 0.6 is 0 Å². The summed E-state index contributed by atoms with van der Waals surface area (Å²) in [6, 6.07) is 15.4. The summed E-state index contributed by atoms with van der Waals surface area (Å²) >= 11 is 0. The largest absolute Gasteiger partial charge is 0.497 e. The van der Waals surface area contributed by atoms with Crippen LogP contribution in [-0.2, 0) is 12.0 Å². The van der Waals surface area contributed by atoms with Gasteiger partial charge in [0, 0.05) is 5.56 Å². The fourth-order valence-electron chi connectivity index (χ4n) is 2.68. The van der Waals surface area contributed by atoms with Crippen molar-refractivity contribution < 1.29 is 14.6 Å². The van der Waals surface area contributed by atoms with E-state index in [1.165, 1.54) is 10.4 Å². The van der Waals surface area contributed by atoms with Crippen LogP contribution in [0.2, 0.25) is 0 Å². The smallest absolute Gasteiger partial charge is 0.205 e. The molecule has 1 heterocycles. The molecular weight excluding hydrogens is 356 g/mol. The predicted octanol–water partition coefficient (Wildman–Crippen LogP) is 3.09. The molecule has 0 aliphatic carbocycles. The molecule has 3 aromatic rings. The van der Waals surface area contributed by atoms with E-state index >= 15 is 0 Å². The second-order valence-electron chi connectivity index (χ2n) is 7.64. The first-order valence-electron chi connectivity index (χ1n) is 9.19. The van der Waals surface area contributed by atoms with Crippen molar-refractivity contribution in [2.45, 2.75) is 38.8 Å². The van der Waals surface area contributed by atoms with Crippen LogP contribution in [-0.4, -0.2) is 45.1 Å². The predicted molar refractivity (Wildman–Crippen MR) is 106 cm³/mol. The number of ether oxygens (including phenoxy) is 2. The molecule has 0 amide bonds. The van der Waals surface area contributed by atoms with Gasteiger partial charge in [-0.2, -0.15) is 4.80 Å². The zero-order valence-corrected chi connectivity index (χ0v) is 16.7. The first kappa shape index (κ1) is 19.8. The Hall–Kier alpha value is -2.93. The van der Waals surface area contributed by atoms with Gasteiger partial charge in [-0.05, 0) is 40.5 Å². The van der Waals surface area contributed by atoms with Gasteiger partial charge >= 0.3 is 0 Å². The van der Waals surface area contributed by atoms with Gasteiger partial charge in [0.25, 0.3) is 0 Å². The Morgan fingerprint density at radius 1 is 1.07 bits per heavy atom. The number of methoxy groups -OCH3 is 1. The lowest BCUT2D eigenvalue weighted by Crippen LogP contribution is -2.25. The molecule has 1 unspecified atom stereocenters. The highest BCUT2D eigenvalue weighted by Gasteiger charge is 2.14. The van der Waals surface area contributed by atoms with E-state index in [0.29, 0.717) is 5.82 Å². The molecule has 2 aromatic carbocycles. The normalized spacial score (nSPS) is 12.6. The lowest BCUT2D eigenvalue weighted by atomic mass is 9.87. The fourth-order valence-corrected chi connectivity index (χ4v) is 2.68. The molecule has 0 bridgehead atoms. The van der Waals surface area contributed by atoms with Crippen LogP contribution < -0.4 is 9.47 Å². The molecule has 0 saturated carbocycles. The van der Waals surface area contributed by atoms with Crippen molar-refractivity contribution in [1.29, 1.82) is 0 Å². The SMILES string of the molecule is COc1cccc(-c2nnn(CC(O)COc3ccc(C(C)(C)C)cc3)n2)c1. The van der Waals surface area contributed by atoms with E-state index < -0.39 is 6.10 Å². The number of tetrazole rings is 1. The summed E-state index contributed by atoms with van der Waals surface area (Å²) in [6.45, 7) is 6.83. The Kier molecular flexibility index (Phi) is 5.94. The standard InChI is InChI=1S/C21H26N4O3/c1-21(2,3)16-8-10-18(11-9-16)28-14-17(26)13-25-23-20(22-24-25)15-6-5-7-19(12-15)27-4/h5-12,17,26H,13-14H2,1-4H3. The molecule has 0 aliphatic heterocycles. The first-order chi connectivity index (χ1) is 13.3. The molecule has 1 N–H and O–H groups in total. The third kappa shape index (κ3) is 5.07. The summed E-state index contributed by atoms with van der Waals surface area (Å²) in [6.07, 6.45) is -0.755. The highest BCUT2D eigenvalue weighted by Crippen LogP contribution is 2.24. The fraction of sp³-hybridized carbons (Fsp3) is 0.381. The van der Waals surface area contributed by atoms with Gasteiger partial charge in [0.05, 0.1) is 13.7 Å². The second-order valence-corrected chi connectivity index (χ2v) is 7.64. The van der Waals surface area contributed by atoms with Gasteiger partial charge in [-0.3, -0.25) is 0 Å². The van der Waals surface area contributed by atoms with Gasteiger partial charge in [-0.25, -0.2) is 0 Å². The lowest BCUT2D eigenvalue weighted by molar-refractivity contribution is 0.0850. The number of nitrogens with zero attached hydrogens (tertiary/aromatic N) is 4. The van der Waals surface area contributed by atoms with E-state index in [4.69, 9.17) is 9.47 Å². The molecule has 7 heteroatoms. The summed E-state index contributed by atoms with van der Waals surface area (Å²) < 4.78 is 10.9. The topological polar surface area (TPSA) is 82.3 Å². The van der Waals surface area contributed by atoms with E-state index in [1.807, 2.05) is 48.5 Å². The minimum Gasteiger partial charge on any atom is -0.497 e. The summed E-state index contributed by atoms with van der Waals surface area (Å²) in [7, 11) is 1.61. The van der Waals surface area contributed by atoms with Gasteiger partial charge in [-0.15, -0.1) is 10.2 Å². The Labute approximate surface area is 164 Å². The Morgan fingerprint density at radius 2 is 1.82 bits per heavy atom. The van der Waals surface area contributed by atoms with Crippen molar-refractivity contribution in [3.05, 3.63) is 54.1 Å². The maximum atomic E-state index is 10.2. The Balaban J connectivity index is 1.55. The van der Waals surface area contributed by atoms with E-state index in [-0.39, 0.29) is 18.6 Å². The monoisotopic (exact) mass is 382 g/mol. The van der Waals surface area contributed by atoms with Crippen molar-refractivity contribution in [1.82, 2.24) is 20.2 Å². The lowest BCUT2D eigenvalue weighted by Gasteiger charge is -2.19. The molecule has 0 aliphatic rings. The maximum Gasteiger partial charge on any atom is 0.205 e. The summed E-state index contributed by atoms with van der Waals surface area (Å²) in [5.74, 6) is 1.92. The highest BCUT2D eigenvalue weighted by atomic mass is 16.5. The minimum atomic E-state index is -0.755. The van der Waals surface area contributed by atoms with Crippen molar-refractivity contribution in [2.24, 2.45) is 0 Å². The summed E-state index contributed by atoms with van der Waals surface area (Å²) in [4.78, 5) is 1.37. The van der Waals surface area contributed by atoms with Crippen molar-refractivity contribution in [2.75, 3.05) is 13.7 Å². The van der Waals surface area contributed by atoms with Gasteiger partial charge in [0.2, 0.25) is 5.82 Å². The van der Waals surface area contributed by atoms with Crippen LogP contribution in [0, 0.1) is 0 Å². The molecule has 1 atom stereocenters. The summed E-state index contributed by atoms with van der Waals surface area (Å²) in [5, 5.41) is 22.6. The van der Waals surface area contributed by atoms with E-state index in [1.54, 1.807) is 7.11 Å². The van der Waals surface area contributed by atoms with Crippen molar-refractivity contribution in [3.63, 3.8) is 0 Å². The number of aromatic nitrogens is 4. The molecule has 148 valence electrons. The molecule has 28 heavy (non-hydrogen) atoms. The van der Waals surface area contributed by atoms with Crippen molar-refractivity contribution in [3.8, 4) is 22.9 Å². The number of aliphatic hydroxyl groups excluding tert-OH is 1. The van der Waals surface area contributed by atoms with Crippen LogP contribution in [0.1, 0.15) is 26.3 Å². The average molecular weight is 382 g/mol. The third-order valence-corrected chi connectivity index (χ3v) is 4.32. The van der Waals surface area contributed by atoms with Crippen LogP contribution in [0.5, 0.6) is 11.5 Å². The number of benzene rings is 2. The molecular formula is C21H26N4O3. The number of hydrogen-bond acceptors (Lipinski definition) is 6. The average Bonchev–Trinajstić information content (AvgIpc) is 3.14.